The first-order valence-corrected chi connectivity index (χ1v) is 9.07. The maximum absolute atomic E-state index is 12.2. The third kappa shape index (κ3) is 3.28. The zero-order valence-corrected chi connectivity index (χ0v) is 14.7. The molecule has 0 radical (unpaired) electrons. The molecule has 0 spiro atoms. The maximum atomic E-state index is 12.2. The molecule has 27 heavy (non-hydrogen) atoms. The van der Waals surface area contributed by atoms with Gasteiger partial charge in [-0.25, -0.2) is 4.79 Å². The van der Waals surface area contributed by atoms with Crippen molar-refractivity contribution in [3.63, 3.8) is 0 Å². The number of ether oxygens (including phenoxy) is 1. The average molecular weight is 367 g/mol. The summed E-state index contributed by atoms with van der Waals surface area (Å²) in [7, 11) is 0. The lowest BCUT2D eigenvalue weighted by Crippen LogP contribution is -2.40. The Bertz CT molecular complexity index is 835. The van der Waals surface area contributed by atoms with E-state index in [1.807, 2.05) is 36.4 Å². The van der Waals surface area contributed by atoms with Gasteiger partial charge in [-0.05, 0) is 35.1 Å². The van der Waals surface area contributed by atoms with Gasteiger partial charge in [0.25, 0.3) is 0 Å². The van der Waals surface area contributed by atoms with Crippen molar-refractivity contribution in [2.75, 3.05) is 6.61 Å². The van der Waals surface area contributed by atoms with Gasteiger partial charge in [-0.2, -0.15) is 0 Å². The summed E-state index contributed by atoms with van der Waals surface area (Å²) in [6.45, 7) is 0.173. The minimum absolute atomic E-state index is 0.0485. The molecule has 6 heteroatoms. The molecule has 6 nitrogen and oxygen atoms in total. The number of hydrogen-bond acceptors (Lipinski definition) is 4. The minimum atomic E-state index is -1.02. The van der Waals surface area contributed by atoms with Crippen molar-refractivity contribution in [3.05, 3.63) is 59.7 Å². The second-order valence-electron chi connectivity index (χ2n) is 7.15. The van der Waals surface area contributed by atoms with E-state index in [0.717, 1.165) is 22.3 Å². The zero-order valence-electron chi connectivity index (χ0n) is 14.7. The Kier molecular flexibility index (Phi) is 4.58. The van der Waals surface area contributed by atoms with E-state index < -0.39 is 30.1 Å². The summed E-state index contributed by atoms with van der Waals surface area (Å²) in [4.78, 5) is 23.5. The fraction of sp³-hybridized carbons (Fsp3) is 0.333. The Balaban J connectivity index is 1.45. The van der Waals surface area contributed by atoms with Crippen LogP contribution >= 0.6 is 0 Å². The van der Waals surface area contributed by atoms with E-state index in [-0.39, 0.29) is 25.4 Å². The SMILES string of the molecule is O=C(N[C@H]1C[C@@H](O)C[C@H]1C(=O)O)OCC1c2ccccc2-c2ccccc21. The van der Waals surface area contributed by atoms with Crippen LogP contribution in [0.3, 0.4) is 0 Å². The monoisotopic (exact) mass is 367 g/mol. The summed E-state index contributed by atoms with van der Waals surface area (Å²) in [5.41, 5.74) is 4.52. The molecule has 3 N–H and O–H groups in total. The predicted molar refractivity (Wildman–Crippen MR) is 98.4 cm³/mol. The van der Waals surface area contributed by atoms with E-state index in [1.54, 1.807) is 0 Å². The molecular weight excluding hydrogens is 346 g/mol. The molecule has 2 aliphatic carbocycles. The van der Waals surface area contributed by atoms with Crippen LogP contribution in [0.15, 0.2) is 48.5 Å². The van der Waals surface area contributed by atoms with Crippen molar-refractivity contribution in [1.29, 1.82) is 0 Å². The van der Waals surface area contributed by atoms with Crippen LogP contribution in [0.2, 0.25) is 0 Å². The van der Waals surface area contributed by atoms with Gasteiger partial charge in [-0.3, -0.25) is 4.79 Å². The molecule has 4 rings (SSSR count). The van der Waals surface area contributed by atoms with E-state index >= 15 is 0 Å². The van der Waals surface area contributed by atoms with Gasteiger partial charge in [0.05, 0.1) is 12.0 Å². The van der Waals surface area contributed by atoms with Crippen LogP contribution in [-0.4, -0.2) is 41.0 Å². The van der Waals surface area contributed by atoms with Crippen molar-refractivity contribution >= 4 is 12.1 Å². The summed E-state index contributed by atoms with van der Waals surface area (Å²) in [6.07, 6.45) is -1.00. The second kappa shape index (κ2) is 7.04. The Morgan fingerprint density at radius 2 is 1.59 bits per heavy atom. The van der Waals surface area contributed by atoms with Crippen LogP contribution in [0.5, 0.6) is 0 Å². The molecule has 140 valence electrons. The number of hydrogen-bond donors (Lipinski definition) is 3. The number of benzene rings is 2. The van der Waals surface area contributed by atoms with Crippen molar-refractivity contribution in [2.45, 2.75) is 30.9 Å². The molecule has 1 saturated carbocycles. The summed E-state index contributed by atoms with van der Waals surface area (Å²) in [5, 5.41) is 21.5. The number of nitrogens with one attached hydrogen (secondary N) is 1. The summed E-state index contributed by atoms with van der Waals surface area (Å²) in [6, 6.07) is 15.5. The number of fused-ring (bicyclic) bond motifs is 3. The van der Waals surface area contributed by atoms with Crippen LogP contribution in [0.1, 0.15) is 29.9 Å². The smallest absolute Gasteiger partial charge is 0.407 e. The normalized spacial score (nSPS) is 23.5. The summed E-state index contributed by atoms with van der Waals surface area (Å²) < 4.78 is 5.44. The Morgan fingerprint density at radius 3 is 2.19 bits per heavy atom. The molecule has 2 aliphatic rings. The van der Waals surface area contributed by atoms with Gasteiger partial charge < -0.3 is 20.3 Å². The molecule has 0 aromatic heterocycles. The number of carboxylic acid groups (broad SMARTS) is 1. The first kappa shape index (κ1) is 17.5. The van der Waals surface area contributed by atoms with E-state index in [4.69, 9.17) is 4.74 Å². The van der Waals surface area contributed by atoms with Gasteiger partial charge in [0.1, 0.15) is 6.61 Å². The Labute approximate surface area is 156 Å². The van der Waals surface area contributed by atoms with Gasteiger partial charge in [0.2, 0.25) is 0 Å². The average Bonchev–Trinajstić information content (AvgIpc) is 3.18. The third-order valence-electron chi connectivity index (χ3n) is 5.50. The molecule has 2 aromatic rings. The molecule has 0 aliphatic heterocycles. The molecule has 1 amide bonds. The molecule has 2 aromatic carbocycles. The van der Waals surface area contributed by atoms with E-state index in [2.05, 4.69) is 17.4 Å². The van der Waals surface area contributed by atoms with Gasteiger partial charge in [0, 0.05) is 12.0 Å². The van der Waals surface area contributed by atoms with Crippen molar-refractivity contribution in [1.82, 2.24) is 5.32 Å². The van der Waals surface area contributed by atoms with Crippen LogP contribution < -0.4 is 5.32 Å². The van der Waals surface area contributed by atoms with Crippen LogP contribution in [0.25, 0.3) is 11.1 Å². The third-order valence-corrected chi connectivity index (χ3v) is 5.50. The van der Waals surface area contributed by atoms with Crippen molar-refractivity contribution in [2.24, 2.45) is 5.92 Å². The fourth-order valence-corrected chi connectivity index (χ4v) is 4.23. The maximum Gasteiger partial charge on any atom is 0.407 e. The van der Waals surface area contributed by atoms with Gasteiger partial charge >= 0.3 is 12.1 Å². The Hall–Kier alpha value is -2.86. The first-order chi connectivity index (χ1) is 13.0. The number of carbonyl (C=O) groups is 2. The largest absolute Gasteiger partial charge is 0.481 e. The number of alkyl carbamates (subject to hydrolysis) is 1. The van der Waals surface area contributed by atoms with E-state index in [1.165, 1.54) is 0 Å². The molecular formula is C21H21NO5. The van der Waals surface area contributed by atoms with Gasteiger partial charge in [-0.1, -0.05) is 48.5 Å². The van der Waals surface area contributed by atoms with Crippen LogP contribution in [-0.2, 0) is 9.53 Å². The molecule has 0 saturated heterocycles. The second-order valence-corrected chi connectivity index (χ2v) is 7.15. The molecule has 0 unspecified atom stereocenters. The van der Waals surface area contributed by atoms with E-state index in [9.17, 15) is 19.8 Å². The number of carbonyl (C=O) groups excluding carboxylic acids is 1. The lowest BCUT2D eigenvalue weighted by Gasteiger charge is -2.19. The highest BCUT2D eigenvalue weighted by molar-refractivity contribution is 5.79. The highest BCUT2D eigenvalue weighted by Gasteiger charge is 2.39. The summed E-state index contributed by atoms with van der Waals surface area (Å²) >= 11 is 0. The molecule has 0 heterocycles. The minimum Gasteiger partial charge on any atom is -0.481 e. The molecule has 1 fully saturated rings. The van der Waals surface area contributed by atoms with Gasteiger partial charge in [0.15, 0.2) is 0 Å². The predicted octanol–water partition coefficient (Wildman–Crippen LogP) is 2.75. The molecule has 3 atom stereocenters. The fourth-order valence-electron chi connectivity index (χ4n) is 4.23. The van der Waals surface area contributed by atoms with Crippen LogP contribution in [0, 0.1) is 5.92 Å². The number of rotatable bonds is 4. The Morgan fingerprint density at radius 1 is 1.00 bits per heavy atom. The lowest BCUT2D eigenvalue weighted by molar-refractivity contribution is -0.142. The standard InChI is InChI=1S/C21H21NO5/c23-12-9-17(20(24)25)19(10-12)22-21(26)27-11-18-15-7-3-1-5-13(15)14-6-2-4-8-16(14)18/h1-8,12,17-19,23H,9-11H2,(H,22,26)(H,24,25)/t12-,17+,19-/m0/s1. The zero-order chi connectivity index (χ0) is 19.0. The van der Waals surface area contributed by atoms with Crippen LogP contribution in [0.4, 0.5) is 4.79 Å². The quantitative estimate of drug-likeness (QED) is 0.772. The van der Waals surface area contributed by atoms with E-state index in [0.29, 0.717) is 0 Å². The number of aliphatic carboxylic acids is 1. The topological polar surface area (TPSA) is 95.9 Å². The first-order valence-electron chi connectivity index (χ1n) is 9.07. The van der Waals surface area contributed by atoms with Crippen molar-refractivity contribution < 1.29 is 24.5 Å². The highest BCUT2D eigenvalue weighted by atomic mass is 16.5. The molecule has 0 bridgehead atoms. The number of amides is 1. The summed E-state index contributed by atoms with van der Waals surface area (Å²) in [5.74, 6) is -1.86. The van der Waals surface area contributed by atoms with Crippen molar-refractivity contribution in [3.8, 4) is 11.1 Å². The lowest BCUT2D eigenvalue weighted by atomic mass is 9.98. The number of carboxylic acids is 1. The number of aliphatic hydroxyl groups is 1. The highest BCUT2D eigenvalue weighted by Crippen LogP contribution is 2.44. The number of aliphatic hydroxyl groups excluding tert-OH is 1. The van der Waals surface area contributed by atoms with Gasteiger partial charge in [-0.15, -0.1) is 0 Å².